The molecule has 6 nitrogen and oxygen atoms in total. The van der Waals surface area contributed by atoms with Gasteiger partial charge in [-0.3, -0.25) is 15.0 Å². The van der Waals surface area contributed by atoms with Crippen LogP contribution in [0.3, 0.4) is 0 Å². The molecule has 3 heterocycles. The number of guanidine groups is 1. The largest absolute Gasteiger partial charge is 0.370 e. The van der Waals surface area contributed by atoms with Crippen LogP contribution in [0.5, 0.6) is 0 Å². The fraction of sp³-hybridized carbons (Fsp3) is 0.238. The zero-order valence-electron chi connectivity index (χ0n) is 15.7. The van der Waals surface area contributed by atoms with E-state index in [0.717, 1.165) is 33.8 Å². The van der Waals surface area contributed by atoms with Gasteiger partial charge in [-0.15, -0.1) is 0 Å². The molecular formula is C21H22N6. The summed E-state index contributed by atoms with van der Waals surface area (Å²) >= 11 is 0. The normalized spacial score (nSPS) is 19.2. The van der Waals surface area contributed by atoms with Gasteiger partial charge in [-0.05, 0) is 43.2 Å². The molecule has 0 bridgehead atoms. The van der Waals surface area contributed by atoms with Gasteiger partial charge in [-0.1, -0.05) is 18.2 Å². The first kappa shape index (κ1) is 17.1. The number of nitrogens with zero attached hydrogens (tertiary/aromatic N) is 5. The van der Waals surface area contributed by atoms with Gasteiger partial charge in [-0.2, -0.15) is 0 Å². The fourth-order valence-corrected chi connectivity index (χ4v) is 3.68. The van der Waals surface area contributed by atoms with Crippen molar-refractivity contribution in [2.45, 2.75) is 19.4 Å². The van der Waals surface area contributed by atoms with E-state index in [-0.39, 0.29) is 0 Å². The summed E-state index contributed by atoms with van der Waals surface area (Å²) in [6.07, 6.45) is 5.14. The number of hydrogen-bond acceptors (Lipinski definition) is 6. The summed E-state index contributed by atoms with van der Waals surface area (Å²) in [5, 5.41) is 0. The van der Waals surface area contributed by atoms with Crippen LogP contribution in [-0.2, 0) is 5.54 Å². The quantitative estimate of drug-likeness (QED) is 0.778. The number of nitrogens with two attached hydrogens (primary N) is 1. The number of benzene rings is 1. The van der Waals surface area contributed by atoms with Crippen LogP contribution in [0, 0.1) is 13.8 Å². The van der Waals surface area contributed by atoms with Crippen molar-refractivity contribution in [2.75, 3.05) is 13.6 Å². The van der Waals surface area contributed by atoms with Gasteiger partial charge in [0, 0.05) is 36.4 Å². The first-order valence-corrected chi connectivity index (χ1v) is 8.87. The van der Waals surface area contributed by atoms with Gasteiger partial charge in [0.15, 0.2) is 5.96 Å². The molecule has 3 aromatic rings. The van der Waals surface area contributed by atoms with E-state index in [1.807, 2.05) is 37.9 Å². The van der Waals surface area contributed by atoms with Crippen molar-refractivity contribution in [3.8, 4) is 11.3 Å². The van der Waals surface area contributed by atoms with Crippen LogP contribution < -0.4 is 5.73 Å². The summed E-state index contributed by atoms with van der Waals surface area (Å²) < 4.78 is 0. The van der Waals surface area contributed by atoms with Crippen LogP contribution in [0.2, 0.25) is 0 Å². The lowest BCUT2D eigenvalue weighted by molar-refractivity contribution is 0.432. The predicted molar refractivity (Wildman–Crippen MR) is 106 cm³/mol. The second kappa shape index (κ2) is 6.46. The van der Waals surface area contributed by atoms with E-state index in [2.05, 4.69) is 39.2 Å². The van der Waals surface area contributed by atoms with E-state index >= 15 is 0 Å². The number of aliphatic imine (C=N–C) groups is 1. The minimum Gasteiger partial charge on any atom is -0.370 e. The molecule has 0 spiro atoms. The molecule has 0 aliphatic carbocycles. The zero-order chi connectivity index (χ0) is 19.0. The summed E-state index contributed by atoms with van der Waals surface area (Å²) in [4.78, 5) is 20.0. The van der Waals surface area contributed by atoms with Crippen LogP contribution in [0.4, 0.5) is 0 Å². The number of aryl methyl sites for hydroxylation is 2. The smallest absolute Gasteiger partial charge is 0.192 e. The van der Waals surface area contributed by atoms with E-state index in [4.69, 9.17) is 10.7 Å². The monoisotopic (exact) mass is 358 g/mol. The second-order valence-corrected chi connectivity index (χ2v) is 7.00. The van der Waals surface area contributed by atoms with Gasteiger partial charge in [-0.25, -0.2) is 4.99 Å². The van der Waals surface area contributed by atoms with Crippen LogP contribution in [0.15, 0.2) is 60.0 Å². The maximum absolute atomic E-state index is 6.19. The van der Waals surface area contributed by atoms with Gasteiger partial charge >= 0.3 is 0 Å². The Hall–Kier alpha value is -3.28. The molecule has 0 saturated heterocycles. The van der Waals surface area contributed by atoms with Gasteiger partial charge in [0.1, 0.15) is 5.54 Å². The minimum atomic E-state index is -0.574. The van der Waals surface area contributed by atoms with Crippen LogP contribution >= 0.6 is 0 Å². The predicted octanol–water partition coefficient (Wildman–Crippen LogP) is 2.66. The average molecular weight is 358 g/mol. The van der Waals surface area contributed by atoms with E-state index < -0.39 is 5.54 Å². The van der Waals surface area contributed by atoms with E-state index in [0.29, 0.717) is 12.5 Å². The third-order valence-electron chi connectivity index (χ3n) is 4.92. The van der Waals surface area contributed by atoms with Crippen LogP contribution in [0.25, 0.3) is 11.3 Å². The van der Waals surface area contributed by atoms with Crippen molar-refractivity contribution in [2.24, 2.45) is 10.7 Å². The highest BCUT2D eigenvalue weighted by atomic mass is 15.3. The van der Waals surface area contributed by atoms with E-state index in [1.54, 1.807) is 18.6 Å². The minimum absolute atomic E-state index is 0.534. The highest BCUT2D eigenvalue weighted by molar-refractivity contribution is 5.81. The Morgan fingerprint density at radius 3 is 2.44 bits per heavy atom. The van der Waals surface area contributed by atoms with Crippen molar-refractivity contribution in [3.05, 3.63) is 77.5 Å². The van der Waals surface area contributed by atoms with Crippen LogP contribution in [0.1, 0.15) is 22.5 Å². The summed E-state index contributed by atoms with van der Waals surface area (Å²) in [5.41, 5.74) is 11.6. The zero-order valence-corrected chi connectivity index (χ0v) is 15.7. The highest BCUT2D eigenvalue weighted by Crippen LogP contribution is 2.39. The van der Waals surface area contributed by atoms with Gasteiger partial charge in [0.25, 0.3) is 0 Å². The first-order valence-electron chi connectivity index (χ1n) is 8.87. The summed E-state index contributed by atoms with van der Waals surface area (Å²) in [5.74, 6) is 0.534. The third-order valence-corrected chi connectivity index (χ3v) is 4.92. The maximum Gasteiger partial charge on any atom is 0.192 e. The number of aromatic nitrogens is 3. The lowest BCUT2D eigenvalue weighted by Gasteiger charge is -2.29. The summed E-state index contributed by atoms with van der Waals surface area (Å²) in [6, 6.07) is 12.5. The molecule has 2 aromatic heterocycles. The van der Waals surface area contributed by atoms with Crippen molar-refractivity contribution >= 4 is 5.96 Å². The first-order chi connectivity index (χ1) is 13.0. The molecule has 1 atom stereocenters. The summed E-state index contributed by atoms with van der Waals surface area (Å²) in [7, 11) is 1.97. The van der Waals surface area contributed by atoms with E-state index in [9.17, 15) is 0 Å². The summed E-state index contributed by atoms with van der Waals surface area (Å²) in [6.45, 7) is 4.68. The molecule has 0 saturated carbocycles. The Bertz CT molecular complexity index is 994. The van der Waals surface area contributed by atoms with Crippen molar-refractivity contribution < 1.29 is 0 Å². The molecule has 27 heavy (non-hydrogen) atoms. The Labute approximate surface area is 158 Å². The molecule has 0 fully saturated rings. The standard InChI is InChI=1S/C21H22N6/c1-14-9-18(10-15(2)25-14)21(13-27(3)20(22)26-21)17-6-4-5-16(11-17)19-12-23-7-8-24-19/h4-12H,13H2,1-3H3,(H2,22,26). The lowest BCUT2D eigenvalue weighted by atomic mass is 9.82. The average Bonchev–Trinajstić information content (AvgIpc) is 2.98. The highest BCUT2D eigenvalue weighted by Gasteiger charge is 2.41. The molecule has 1 aliphatic heterocycles. The number of pyridine rings is 1. The molecule has 2 N–H and O–H groups in total. The van der Waals surface area contributed by atoms with Crippen molar-refractivity contribution in [1.29, 1.82) is 0 Å². The van der Waals surface area contributed by atoms with Gasteiger partial charge in [0.2, 0.25) is 0 Å². The third kappa shape index (κ3) is 3.03. The molecule has 1 aliphatic rings. The second-order valence-electron chi connectivity index (χ2n) is 7.00. The van der Waals surface area contributed by atoms with Crippen LogP contribution in [-0.4, -0.2) is 39.4 Å². The van der Waals surface area contributed by atoms with E-state index in [1.165, 1.54) is 0 Å². The lowest BCUT2D eigenvalue weighted by Crippen LogP contribution is -2.35. The molecule has 4 rings (SSSR count). The fourth-order valence-electron chi connectivity index (χ4n) is 3.68. The Kier molecular flexibility index (Phi) is 4.11. The number of hydrogen-bond donors (Lipinski definition) is 1. The maximum atomic E-state index is 6.19. The molecule has 0 radical (unpaired) electrons. The Balaban J connectivity index is 1.91. The molecule has 1 aromatic carbocycles. The Morgan fingerprint density at radius 1 is 1.04 bits per heavy atom. The SMILES string of the molecule is Cc1cc(C2(c3cccc(-c4cnccn4)c3)CN(C)C(N)=N2)cc(C)n1. The van der Waals surface area contributed by atoms with Crippen molar-refractivity contribution in [3.63, 3.8) is 0 Å². The molecule has 136 valence electrons. The Morgan fingerprint density at radius 2 is 1.81 bits per heavy atom. The number of rotatable bonds is 3. The molecular weight excluding hydrogens is 336 g/mol. The molecule has 6 heteroatoms. The molecule has 0 amide bonds. The van der Waals surface area contributed by atoms with Gasteiger partial charge in [0.05, 0.1) is 18.4 Å². The topological polar surface area (TPSA) is 80.3 Å². The number of likely N-dealkylation sites (N-methyl/N-ethyl adjacent to an activating group) is 1. The molecule has 1 unspecified atom stereocenters. The van der Waals surface area contributed by atoms with Crippen molar-refractivity contribution in [1.82, 2.24) is 19.9 Å². The van der Waals surface area contributed by atoms with Gasteiger partial charge < -0.3 is 10.6 Å².